The first-order chi connectivity index (χ1) is 9.31. The quantitative estimate of drug-likeness (QED) is 0.843. The molecule has 0 bridgehead atoms. The molecule has 0 unspecified atom stereocenters. The summed E-state index contributed by atoms with van der Waals surface area (Å²) in [4.78, 5) is 11.7. The Kier molecular flexibility index (Phi) is 6.05. The van der Waals surface area contributed by atoms with Crippen molar-refractivity contribution in [1.29, 1.82) is 0 Å². The number of halogens is 1. The molecule has 0 saturated heterocycles. The van der Waals surface area contributed by atoms with Gasteiger partial charge in [0.1, 0.15) is 5.82 Å². The maximum atomic E-state index is 13.8. The second-order valence-corrected chi connectivity index (χ2v) is 6.95. The molecule has 0 aliphatic rings. The normalized spacial score (nSPS) is 10.7. The van der Waals surface area contributed by atoms with Crippen molar-refractivity contribution >= 4 is 23.4 Å². The van der Waals surface area contributed by atoms with Crippen molar-refractivity contribution in [2.75, 3.05) is 17.6 Å². The lowest BCUT2D eigenvalue weighted by molar-refractivity contribution is -0.113. The van der Waals surface area contributed by atoms with Crippen LogP contribution in [0.4, 0.5) is 10.1 Å². The maximum Gasteiger partial charge on any atom is 0.234 e. The molecule has 1 aromatic carbocycles. The molecular formula is C15H19FN2OS. The summed E-state index contributed by atoms with van der Waals surface area (Å²) >= 11 is 1.51. The van der Waals surface area contributed by atoms with E-state index in [0.717, 1.165) is 0 Å². The van der Waals surface area contributed by atoms with Crippen molar-refractivity contribution in [2.24, 2.45) is 5.73 Å². The van der Waals surface area contributed by atoms with Crippen molar-refractivity contribution in [3.8, 4) is 11.8 Å². The highest BCUT2D eigenvalue weighted by molar-refractivity contribution is 8.01. The van der Waals surface area contributed by atoms with Crippen LogP contribution in [0, 0.1) is 17.7 Å². The van der Waals surface area contributed by atoms with Crippen LogP contribution in [0.15, 0.2) is 18.2 Å². The molecular weight excluding hydrogens is 275 g/mol. The minimum atomic E-state index is -0.497. The van der Waals surface area contributed by atoms with Gasteiger partial charge in [0.05, 0.1) is 18.0 Å². The predicted molar refractivity (Wildman–Crippen MR) is 83.2 cm³/mol. The number of carbonyl (C=O) groups excluding carboxylic acids is 1. The predicted octanol–water partition coefficient (Wildman–Crippen LogP) is 2.61. The van der Waals surface area contributed by atoms with Crippen LogP contribution < -0.4 is 11.1 Å². The molecule has 108 valence electrons. The summed E-state index contributed by atoms with van der Waals surface area (Å²) in [5, 5.41) is 2.56. The number of carbonyl (C=O) groups is 1. The average molecular weight is 294 g/mol. The van der Waals surface area contributed by atoms with Crippen LogP contribution in [-0.4, -0.2) is 23.0 Å². The molecule has 0 radical (unpaired) electrons. The lowest BCUT2D eigenvalue weighted by Gasteiger charge is -2.17. The SMILES string of the molecule is CC(C)(C)SCC(=O)Nc1ccc(C#CCN)cc1F. The highest BCUT2D eigenvalue weighted by Gasteiger charge is 2.14. The Bertz CT molecular complexity index is 541. The number of hydrogen-bond acceptors (Lipinski definition) is 3. The van der Waals surface area contributed by atoms with Crippen LogP contribution >= 0.6 is 11.8 Å². The van der Waals surface area contributed by atoms with E-state index in [2.05, 4.69) is 17.2 Å². The van der Waals surface area contributed by atoms with Gasteiger partial charge in [-0.3, -0.25) is 4.79 Å². The third-order valence-corrected chi connectivity index (χ3v) is 3.49. The first-order valence-electron chi connectivity index (χ1n) is 6.24. The number of thioether (sulfide) groups is 1. The molecule has 3 nitrogen and oxygen atoms in total. The van der Waals surface area contributed by atoms with E-state index in [0.29, 0.717) is 5.56 Å². The molecule has 1 amide bonds. The molecule has 1 aromatic rings. The molecule has 5 heteroatoms. The fourth-order valence-corrected chi connectivity index (χ4v) is 1.95. The first kappa shape index (κ1) is 16.5. The first-order valence-corrected chi connectivity index (χ1v) is 7.22. The molecule has 0 aliphatic heterocycles. The van der Waals surface area contributed by atoms with Crippen LogP contribution in [-0.2, 0) is 4.79 Å². The number of benzene rings is 1. The summed E-state index contributed by atoms with van der Waals surface area (Å²) in [6, 6.07) is 4.45. The standard InChI is InChI=1S/C15H19FN2OS/c1-15(2,3)20-10-14(19)18-13-7-6-11(5-4-8-17)9-12(13)16/h6-7,9H,8,10,17H2,1-3H3,(H,18,19). The van der Waals surface area contributed by atoms with Gasteiger partial charge in [-0.25, -0.2) is 4.39 Å². The molecule has 0 aliphatic carbocycles. The second kappa shape index (κ2) is 7.32. The lowest BCUT2D eigenvalue weighted by Crippen LogP contribution is -2.19. The highest BCUT2D eigenvalue weighted by atomic mass is 32.2. The van der Waals surface area contributed by atoms with Gasteiger partial charge in [0, 0.05) is 10.3 Å². The summed E-state index contributed by atoms with van der Waals surface area (Å²) in [7, 11) is 0. The topological polar surface area (TPSA) is 55.1 Å². The van der Waals surface area contributed by atoms with Gasteiger partial charge in [-0.05, 0) is 18.2 Å². The largest absolute Gasteiger partial charge is 0.323 e. The zero-order valence-corrected chi connectivity index (χ0v) is 12.7. The number of anilines is 1. The van der Waals surface area contributed by atoms with E-state index < -0.39 is 5.82 Å². The minimum absolute atomic E-state index is 0.00243. The summed E-state index contributed by atoms with van der Waals surface area (Å²) in [6.45, 7) is 6.30. The molecule has 3 N–H and O–H groups in total. The number of nitrogens with one attached hydrogen (secondary N) is 1. The van der Waals surface area contributed by atoms with E-state index in [1.54, 1.807) is 6.07 Å². The van der Waals surface area contributed by atoms with E-state index in [4.69, 9.17) is 5.73 Å². The Hall–Kier alpha value is -1.51. The fourth-order valence-electron chi connectivity index (χ4n) is 1.32. The summed E-state index contributed by atoms with van der Waals surface area (Å²) in [5.74, 6) is 4.96. The van der Waals surface area contributed by atoms with Gasteiger partial charge >= 0.3 is 0 Å². The van der Waals surface area contributed by atoms with Gasteiger partial charge in [-0.1, -0.05) is 32.6 Å². The van der Waals surface area contributed by atoms with E-state index >= 15 is 0 Å². The van der Waals surface area contributed by atoms with Gasteiger partial charge in [-0.2, -0.15) is 0 Å². The van der Waals surface area contributed by atoms with E-state index in [-0.39, 0.29) is 28.6 Å². The number of nitrogens with two attached hydrogens (primary N) is 1. The van der Waals surface area contributed by atoms with Gasteiger partial charge in [0.15, 0.2) is 0 Å². The summed E-state index contributed by atoms with van der Waals surface area (Å²) in [5.41, 5.74) is 5.96. The van der Waals surface area contributed by atoms with Crippen molar-refractivity contribution in [2.45, 2.75) is 25.5 Å². The fraction of sp³-hybridized carbons (Fsp3) is 0.400. The molecule has 20 heavy (non-hydrogen) atoms. The molecule has 0 heterocycles. The van der Waals surface area contributed by atoms with Gasteiger partial charge in [0.2, 0.25) is 5.91 Å². The molecule has 0 atom stereocenters. The number of rotatable bonds is 3. The Morgan fingerprint density at radius 1 is 1.45 bits per heavy atom. The van der Waals surface area contributed by atoms with Crippen molar-refractivity contribution in [3.63, 3.8) is 0 Å². The van der Waals surface area contributed by atoms with E-state index in [1.165, 1.54) is 23.9 Å². The lowest BCUT2D eigenvalue weighted by atomic mass is 10.2. The van der Waals surface area contributed by atoms with Crippen LogP contribution in [0.2, 0.25) is 0 Å². The molecule has 1 rings (SSSR count). The molecule has 0 saturated carbocycles. The van der Waals surface area contributed by atoms with Crippen LogP contribution in [0.3, 0.4) is 0 Å². The number of amides is 1. The minimum Gasteiger partial charge on any atom is -0.323 e. The third-order valence-electron chi connectivity index (χ3n) is 2.21. The zero-order valence-electron chi connectivity index (χ0n) is 11.9. The Balaban J connectivity index is 2.67. The molecule has 0 fully saturated rings. The highest BCUT2D eigenvalue weighted by Crippen LogP contribution is 2.23. The third kappa shape index (κ3) is 6.09. The van der Waals surface area contributed by atoms with Gasteiger partial charge in [0.25, 0.3) is 0 Å². The van der Waals surface area contributed by atoms with E-state index in [9.17, 15) is 9.18 Å². The number of hydrogen-bond donors (Lipinski definition) is 2. The monoisotopic (exact) mass is 294 g/mol. The molecule has 0 aromatic heterocycles. The van der Waals surface area contributed by atoms with Gasteiger partial charge in [-0.15, -0.1) is 11.8 Å². The van der Waals surface area contributed by atoms with Crippen molar-refractivity contribution in [1.82, 2.24) is 0 Å². The zero-order chi connectivity index (χ0) is 15.2. The van der Waals surface area contributed by atoms with Crippen molar-refractivity contribution < 1.29 is 9.18 Å². The van der Waals surface area contributed by atoms with Crippen LogP contribution in [0.25, 0.3) is 0 Å². The average Bonchev–Trinajstić information content (AvgIpc) is 2.36. The smallest absolute Gasteiger partial charge is 0.234 e. The van der Waals surface area contributed by atoms with E-state index in [1.807, 2.05) is 20.8 Å². The second-order valence-electron chi connectivity index (χ2n) is 5.15. The van der Waals surface area contributed by atoms with Gasteiger partial charge < -0.3 is 11.1 Å². The van der Waals surface area contributed by atoms with Crippen LogP contribution in [0.1, 0.15) is 26.3 Å². The van der Waals surface area contributed by atoms with Crippen LogP contribution in [0.5, 0.6) is 0 Å². The van der Waals surface area contributed by atoms with Crippen molar-refractivity contribution in [3.05, 3.63) is 29.6 Å². The summed E-state index contributed by atoms with van der Waals surface area (Å²) in [6.07, 6.45) is 0. The summed E-state index contributed by atoms with van der Waals surface area (Å²) < 4.78 is 13.8. The molecule has 0 spiro atoms. The maximum absolute atomic E-state index is 13.8. The Morgan fingerprint density at radius 3 is 2.70 bits per heavy atom. The Labute approximate surface area is 123 Å². The Morgan fingerprint density at radius 2 is 2.15 bits per heavy atom.